The van der Waals surface area contributed by atoms with Crippen molar-refractivity contribution in [3.8, 4) is 0 Å². The Morgan fingerprint density at radius 3 is 2.33 bits per heavy atom. The van der Waals surface area contributed by atoms with Crippen molar-refractivity contribution in [2.45, 2.75) is 59.7 Å². The van der Waals surface area contributed by atoms with Crippen LogP contribution in [-0.4, -0.2) is 49.8 Å². The molecular weight excluding hydrogens is 224 g/mol. The van der Waals surface area contributed by atoms with Crippen LogP contribution in [0.2, 0.25) is 0 Å². The van der Waals surface area contributed by atoms with Gasteiger partial charge in [-0.25, -0.2) is 0 Å². The molecular formula is C15H32N2O. The van der Waals surface area contributed by atoms with Crippen LogP contribution < -0.4 is 5.32 Å². The average Bonchev–Trinajstić information content (AvgIpc) is 2.28. The predicted octanol–water partition coefficient (Wildman–Crippen LogP) is 2.51. The first-order valence-corrected chi connectivity index (χ1v) is 7.57. The zero-order chi connectivity index (χ0) is 13.6. The molecule has 0 radical (unpaired) electrons. The van der Waals surface area contributed by atoms with E-state index in [1.165, 1.54) is 19.4 Å². The number of ether oxygens (including phenoxy) is 1. The molecule has 0 aromatic heterocycles. The molecule has 0 amide bonds. The molecule has 0 saturated carbocycles. The van der Waals surface area contributed by atoms with Crippen molar-refractivity contribution < 1.29 is 4.74 Å². The molecule has 0 aromatic carbocycles. The van der Waals surface area contributed by atoms with Gasteiger partial charge < -0.3 is 10.1 Å². The quantitative estimate of drug-likeness (QED) is 0.708. The second kappa shape index (κ2) is 7.46. The summed E-state index contributed by atoms with van der Waals surface area (Å²) in [6.07, 6.45) is 3.19. The summed E-state index contributed by atoms with van der Waals surface area (Å²) in [5, 5.41) is 3.58. The maximum absolute atomic E-state index is 5.81. The lowest BCUT2D eigenvalue weighted by Crippen LogP contribution is -2.50. The minimum atomic E-state index is 0.374. The van der Waals surface area contributed by atoms with E-state index in [4.69, 9.17) is 4.74 Å². The van der Waals surface area contributed by atoms with E-state index < -0.39 is 0 Å². The highest BCUT2D eigenvalue weighted by Crippen LogP contribution is 2.24. The number of hydrogen-bond acceptors (Lipinski definition) is 3. The molecule has 0 spiro atoms. The molecule has 3 atom stereocenters. The molecule has 1 heterocycles. The van der Waals surface area contributed by atoms with Crippen LogP contribution in [0.3, 0.4) is 0 Å². The molecule has 18 heavy (non-hydrogen) atoms. The van der Waals surface area contributed by atoms with Crippen LogP contribution in [0, 0.1) is 5.41 Å². The molecule has 1 aliphatic heterocycles. The fourth-order valence-electron chi connectivity index (χ4n) is 2.81. The van der Waals surface area contributed by atoms with Crippen molar-refractivity contribution in [1.82, 2.24) is 10.2 Å². The van der Waals surface area contributed by atoms with Crippen LogP contribution in [0.15, 0.2) is 0 Å². The Morgan fingerprint density at radius 1 is 1.22 bits per heavy atom. The smallest absolute Gasteiger partial charge is 0.0678 e. The Balaban J connectivity index is 2.45. The highest BCUT2D eigenvalue weighted by Gasteiger charge is 2.29. The zero-order valence-electron chi connectivity index (χ0n) is 13.0. The van der Waals surface area contributed by atoms with Crippen LogP contribution in [0.4, 0.5) is 0 Å². The van der Waals surface area contributed by atoms with Crippen LogP contribution in [0.25, 0.3) is 0 Å². The largest absolute Gasteiger partial charge is 0.373 e. The van der Waals surface area contributed by atoms with Crippen molar-refractivity contribution in [2.75, 3.05) is 32.7 Å². The van der Waals surface area contributed by atoms with Crippen LogP contribution >= 0.6 is 0 Å². The molecule has 1 N–H and O–H groups in total. The maximum Gasteiger partial charge on any atom is 0.0678 e. The van der Waals surface area contributed by atoms with Gasteiger partial charge in [-0.15, -0.1) is 0 Å². The third-order valence-electron chi connectivity index (χ3n) is 3.93. The maximum atomic E-state index is 5.81. The second-order valence-electron chi connectivity index (χ2n) is 6.29. The summed E-state index contributed by atoms with van der Waals surface area (Å²) in [4.78, 5) is 2.58. The SMILES string of the molecule is CCCNCC(C)(CC)CN1CC(C)OC(C)C1. The number of nitrogens with zero attached hydrogens (tertiary/aromatic N) is 1. The van der Waals surface area contributed by atoms with Gasteiger partial charge in [0.1, 0.15) is 0 Å². The van der Waals surface area contributed by atoms with E-state index in [0.29, 0.717) is 17.6 Å². The molecule has 0 aliphatic carbocycles. The van der Waals surface area contributed by atoms with Crippen LogP contribution in [-0.2, 0) is 4.74 Å². The van der Waals surface area contributed by atoms with E-state index in [0.717, 1.165) is 26.2 Å². The van der Waals surface area contributed by atoms with E-state index in [1.54, 1.807) is 0 Å². The van der Waals surface area contributed by atoms with Gasteiger partial charge in [-0.1, -0.05) is 20.8 Å². The molecule has 0 aromatic rings. The summed E-state index contributed by atoms with van der Waals surface area (Å²) < 4.78 is 5.81. The Bertz CT molecular complexity index is 225. The summed E-state index contributed by atoms with van der Waals surface area (Å²) in [5.74, 6) is 0. The first kappa shape index (κ1) is 15.9. The van der Waals surface area contributed by atoms with Crippen LogP contribution in [0.1, 0.15) is 47.5 Å². The number of rotatable bonds is 7. The van der Waals surface area contributed by atoms with E-state index >= 15 is 0 Å². The Labute approximate surface area is 113 Å². The Kier molecular flexibility index (Phi) is 6.61. The molecule has 3 nitrogen and oxygen atoms in total. The number of nitrogens with one attached hydrogen (secondary N) is 1. The number of hydrogen-bond donors (Lipinski definition) is 1. The van der Waals surface area contributed by atoms with Gasteiger partial charge in [-0.05, 0) is 38.6 Å². The van der Waals surface area contributed by atoms with E-state index in [2.05, 4.69) is 44.8 Å². The first-order chi connectivity index (χ1) is 8.49. The minimum Gasteiger partial charge on any atom is -0.373 e. The lowest BCUT2D eigenvalue weighted by Gasteiger charge is -2.41. The lowest BCUT2D eigenvalue weighted by atomic mass is 9.86. The molecule has 3 unspecified atom stereocenters. The molecule has 0 bridgehead atoms. The van der Waals surface area contributed by atoms with Gasteiger partial charge in [0.2, 0.25) is 0 Å². The van der Waals surface area contributed by atoms with E-state index in [1.807, 2.05) is 0 Å². The molecule has 108 valence electrons. The fourth-order valence-corrected chi connectivity index (χ4v) is 2.81. The van der Waals surface area contributed by atoms with Crippen molar-refractivity contribution in [2.24, 2.45) is 5.41 Å². The van der Waals surface area contributed by atoms with Gasteiger partial charge in [0.15, 0.2) is 0 Å². The standard InChI is InChI=1S/C15H32N2O/c1-6-8-16-11-15(5,7-2)12-17-9-13(3)18-14(4)10-17/h13-14,16H,6-12H2,1-5H3. The van der Waals surface area contributed by atoms with Crippen LogP contribution in [0.5, 0.6) is 0 Å². The third-order valence-corrected chi connectivity index (χ3v) is 3.93. The summed E-state index contributed by atoms with van der Waals surface area (Å²) in [5.41, 5.74) is 0.381. The third kappa shape index (κ3) is 5.25. The molecule has 3 heteroatoms. The van der Waals surface area contributed by atoms with E-state index in [-0.39, 0.29) is 0 Å². The van der Waals surface area contributed by atoms with Gasteiger partial charge in [0.05, 0.1) is 12.2 Å². The molecule has 1 saturated heterocycles. The second-order valence-corrected chi connectivity index (χ2v) is 6.29. The van der Waals surface area contributed by atoms with Gasteiger partial charge in [-0.2, -0.15) is 0 Å². The number of morpholine rings is 1. The Morgan fingerprint density at radius 2 is 1.83 bits per heavy atom. The zero-order valence-corrected chi connectivity index (χ0v) is 13.0. The van der Waals surface area contributed by atoms with Gasteiger partial charge in [-0.3, -0.25) is 4.90 Å². The van der Waals surface area contributed by atoms with Gasteiger partial charge in [0.25, 0.3) is 0 Å². The fraction of sp³-hybridized carbons (Fsp3) is 1.00. The molecule has 1 aliphatic rings. The summed E-state index contributed by atoms with van der Waals surface area (Å²) in [6.45, 7) is 16.9. The molecule has 1 rings (SSSR count). The normalized spacial score (nSPS) is 29.2. The first-order valence-electron chi connectivity index (χ1n) is 7.57. The van der Waals surface area contributed by atoms with Crippen molar-refractivity contribution >= 4 is 0 Å². The van der Waals surface area contributed by atoms with Gasteiger partial charge >= 0.3 is 0 Å². The highest BCUT2D eigenvalue weighted by atomic mass is 16.5. The Hall–Kier alpha value is -0.120. The molecule has 1 fully saturated rings. The topological polar surface area (TPSA) is 24.5 Å². The monoisotopic (exact) mass is 256 g/mol. The predicted molar refractivity (Wildman–Crippen MR) is 78.0 cm³/mol. The highest BCUT2D eigenvalue weighted by molar-refractivity contribution is 4.83. The summed E-state index contributed by atoms with van der Waals surface area (Å²) >= 11 is 0. The summed E-state index contributed by atoms with van der Waals surface area (Å²) in [6, 6.07) is 0. The van der Waals surface area contributed by atoms with Crippen molar-refractivity contribution in [3.05, 3.63) is 0 Å². The van der Waals surface area contributed by atoms with Gasteiger partial charge in [0, 0.05) is 26.2 Å². The van der Waals surface area contributed by atoms with Crippen molar-refractivity contribution in [3.63, 3.8) is 0 Å². The lowest BCUT2D eigenvalue weighted by molar-refractivity contribution is -0.0768. The minimum absolute atomic E-state index is 0.374. The summed E-state index contributed by atoms with van der Waals surface area (Å²) in [7, 11) is 0. The van der Waals surface area contributed by atoms with E-state index in [9.17, 15) is 0 Å². The average molecular weight is 256 g/mol. The van der Waals surface area contributed by atoms with Crippen molar-refractivity contribution in [1.29, 1.82) is 0 Å².